The fraction of sp³-hybridized carbons (Fsp3) is 0.286. The van der Waals surface area contributed by atoms with Crippen molar-refractivity contribution >= 4 is 0 Å². The van der Waals surface area contributed by atoms with Crippen LogP contribution in [0, 0.1) is 0 Å². The van der Waals surface area contributed by atoms with Crippen molar-refractivity contribution < 1.29 is 17.9 Å². The third-order valence-electron chi connectivity index (χ3n) is 3.13. The van der Waals surface area contributed by atoms with Gasteiger partial charge in [0.05, 0.1) is 5.56 Å². The lowest BCUT2D eigenvalue weighted by atomic mass is 10.1. The van der Waals surface area contributed by atoms with Gasteiger partial charge in [0.15, 0.2) is 5.82 Å². The molecule has 3 rings (SSSR count). The Kier molecular flexibility index (Phi) is 3.50. The Hall–Kier alpha value is -2.15. The summed E-state index contributed by atoms with van der Waals surface area (Å²) in [6, 6.07) is 6.77. The van der Waals surface area contributed by atoms with E-state index in [4.69, 9.17) is 4.74 Å². The maximum absolute atomic E-state index is 13.0. The zero-order valence-electron chi connectivity index (χ0n) is 10.9. The Morgan fingerprint density at radius 3 is 2.57 bits per heavy atom. The third-order valence-corrected chi connectivity index (χ3v) is 3.13. The molecule has 0 saturated carbocycles. The minimum absolute atomic E-state index is 0.00519. The monoisotopic (exact) mass is 295 g/mol. The lowest BCUT2D eigenvalue weighted by Gasteiger charge is -2.27. The normalized spacial score (nSPS) is 15.6. The van der Waals surface area contributed by atoms with Crippen molar-refractivity contribution in [3.8, 4) is 17.3 Å². The van der Waals surface area contributed by atoms with Crippen LogP contribution in [0.2, 0.25) is 0 Å². The second-order valence-corrected chi connectivity index (χ2v) is 4.66. The number of hydrogen-bond acceptors (Lipinski definition) is 4. The summed E-state index contributed by atoms with van der Waals surface area (Å²) in [5.74, 6) is 0.288. The molecule has 1 fully saturated rings. The van der Waals surface area contributed by atoms with Gasteiger partial charge in [-0.3, -0.25) is 0 Å². The summed E-state index contributed by atoms with van der Waals surface area (Å²) in [7, 11) is 0. The van der Waals surface area contributed by atoms with Crippen molar-refractivity contribution in [2.75, 3.05) is 13.1 Å². The molecule has 0 aliphatic carbocycles. The number of nitrogens with zero attached hydrogens (tertiary/aromatic N) is 2. The Morgan fingerprint density at radius 2 is 1.90 bits per heavy atom. The Balaban J connectivity index is 1.95. The van der Waals surface area contributed by atoms with Crippen molar-refractivity contribution in [1.29, 1.82) is 0 Å². The van der Waals surface area contributed by atoms with Gasteiger partial charge >= 0.3 is 6.18 Å². The molecule has 4 nitrogen and oxygen atoms in total. The van der Waals surface area contributed by atoms with Crippen LogP contribution in [0.5, 0.6) is 5.88 Å². The average Bonchev–Trinajstić information content (AvgIpc) is 2.42. The molecule has 2 heterocycles. The molecule has 7 heteroatoms. The van der Waals surface area contributed by atoms with Crippen LogP contribution in [0.4, 0.5) is 13.2 Å². The first-order valence-electron chi connectivity index (χ1n) is 6.41. The molecule has 1 aromatic heterocycles. The van der Waals surface area contributed by atoms with Crippen LogP contribution < -0.4 is 10.1 Å². The smallest absolute Gasteiger partial charge is 0.417 e. The topological polar surface area (TPSA) is 47.0 Å². The SMILES string of the molecule is FC(F)(F)c1ccccc1-c1nccc(OC2CNC2)n1. The van der Waals surface area contributed by atoms with Gasteiger partial charge in [0, 0.05) is 30.9 Å². The molecule has 1 N–H and O–H groups in total. The summed E-state index contributed by atoms with van der Waals surface area (Å²) in [6.45, 7) is 1.41. The van der Waals surface area contributed by atoms with Crippen molar-refractivity contribution in [3.63, 3.8) is 0 Å². The number of hydrogen-bond donors (Lipinski definition) is 1. The lowest BCUT2D eigenvalue weighted by Crippen LogP contribution is -2.50. The molecule has 0 atom stereocenters. The Labute approximate surface area is 119 Å². The summed E-state index contributed by atoms with van der Waals surface area (Å²) in [6.07, 6.45) is -3.04. The lowest BCUT2D eigenvalue weighted by molar-refractivity contribution is -0.137. The molecule has 1 aliphatic heterocycles. The molecule has 2 aromatic rings. The molecule has 0 amide bonds. The molecule has 110 valence electrons. The number of nitrogens with one attached hydrogen (secondary N) is 1. The largest absolute Gasteiger partial charge is 0.472 e. The summed E-state index contributed by atoms with van der Waals surface area (Å²) >= 11 is 0. The average molecular weight is 295 g/mol. The van der Waals surface area contributed by atoms with Gasteiger partial charge in [0.1, 0.15) is 6.10 Å². The standard InChI is InChI=1S/C14H12F3N3O/c15-14(16,17)11-4-2-1-3-10(11)13-19-6-5-12(20-13)21-9-7-18-8-9/h1-6,9,18H,7-8H2. The van der Waals surface area contributed by atoms with Crippen molar-refractivity contribution in [3.05, 3.63) is 42.1 Å². The van der Waals surface area contributed by atoms with E-state index in [9.17, 15) is 13.2 Å². The predicted octanol–water partition coefficient (Wildman–Crippen LogP) is 2.51. The van der Waals surface area contributed by atoms with E-state index in [0.717, 1.165) is 6.07 Å². The van der Waals surface area contributed by atoms with Crippen molar-refractivity contribution in [1.82, 2.24) is 15.3 Å². The van der Waals surface area contributed by atoms with Gasteiger partial charge in [-0.1, -0.05) is 18.2 Å². The summed E-state index contributed by atoms with van der Waals surface area (Å²) < 4.78 is 44.6. The van der Waals surface area contributed by atoms with E-state index in [-0.39, 0.29) is 23.4 Å². The van der Waals surface area contributed by atoms with Crippen molar-refractivity contribution in [2.24, 2.45) is 0 Å². The van der Waals surface area contributed by atoms with Gasteiger partial charge < -0.3 is 10.1 Å². The van der Waals surface area contributed by atoms with E-state index < -0.39 is 11.7 Å². The molecule has 1 saturated heterocycles. The molecular formula is C14H12F3N3O. The van der Waals surface area contributed by atoms with Crippen LogP contribution in [0.3, 0.4) is 0 Å². The van der Waals surface area contributed by atoms with Crippen LogP contribution in [0.1, 0.15) is 5.56 Å². The minimum Gasteiger partial charge on any atom is -0.472 e. The number of benzene rings is 1. The fourth-order valence-electron chi connectivity index (χ4n) is 1.98. The zero-order chi connectivity index (χ0) is 14.9. The maximum Gasteiger partial charge on any atom is 0.417 e. The first kappa shape index (κ1) is 13.8. The molecular weight excluding hydrogens is 283 g/mol. The van der Waals surface area contributed by atoms with E-state index in [2.05, 4.69) is 15.3 Å². The molecule has 0 spiro atoms. The molecule has 21 heavy (non-hydrogen) atoms. The van der Waals surface area contributed by atoms with Gasteiger partial charge in [0.25, 0.3) is 0 Å². The van der Waals surface area contributed by atoms with E-state index in [0.29, 0.717) is 13.1 Å². The second kappa shape index (κ2) is 5.33. The van der Waals surface area contributed by atoms with Crippen molar-refractivity contribution in [2.45, 2.75) is 12.3 Å². The molecule has 0 radical (unpaired) electrons. The molecule has 1 aromatic carbocycles. The van der Waals surface area contributed by atoms with Gasteiger partial charge in [0.2, 0.25) is 5.88 Å². The van der Waals surface area contributed by atoms with Crippen LogP contribution in [0.25, 0.3) is 11.4 Å². The zero-order valence-corrected chi connectivity index (χ0v) is 10.9. The minimum atomic E-state index is -4.45. The number of alkyl halides is 3. The number of aromatic nitrogens is 2. The Bertz CT molecular complexity index is 641. The Morgan fingerprint density at radius 1 is 1.14 bits per heavy atom. The first-order chi connectivity index (χ1) is 10.0. The first-order valence-corrected chi connectivity index (χ1v) is 6.41. The van der Waals surface area contributed by atoms with E-state index in [1.807, 2.05) is 0 Å². The second-order valence-electron chi connectivity index (χ2n) is 4.66. The highest BCUT2D eigenvalue weighted by molar-refractivity contribution is 5.61. The summed E-state index contributed by atoms with van der Waals surface area (Å²) in [5.41, 5.74) is -0.811. The number of halogens is 3. The van der Waals surface area contributed by atoms with Crippen LogP contribution in [0.15, 0.2) is 36.5 Å². The maximum atomic E-state index is 13.0. The van der Waals surface area contributed by atoms with Crippen LogP contribution in [-0.4, -0.2) is 29.2 Å². The van der Waals surface area contributed by atoms with Crippen LogP contribution in [-0.2, 0) is 6.18 Å². The number of ether oxygens (including phenoxy) is 1. The number of rotatable bonds is 3. The summed E-state index contributed by atoms with van der Waals surface area (Å²) in [5, 5.41) is 3.04. The fourth-order valence-corrected chi connectivity index (χ4v) is 1.98. The van der Waals surface area contributed by atoms with Crippen LogP contribution >= 0.6 is 0 Å². The van der Waals surface area contributed by atoms with Gasteiger partial charge in [-0.25, -0.2) is 4.98 Å². The van der Waals surface area contributed by atoms with Gasteiger partial charge in [-0.15, -0.1) is 0 Å². The quantitative estimate of drug-likeness (QED) is 0.945. The summed E-state index contributed by atoms with van der Waals surface area (Å²) in [4.78, 5) is 8.01. The molecule has 1 aliphatic rings. The van der Waals surface area contributed by atoms with E-state index >= 15 is 0 Å². The van der Waals surface area contributed by atoms with E-state index in [1.165, 1.54) is 30.5 Å². The highest BCUT2D eigenvalue weighted by Crippen LogP contribution is 2.35. The predicted molar refractivity (Wildman–Crippen MR) is 69.8 cm³/mol. The van der Waals surface area contributed by atoms with Gasteiger partial charge in [-0.05, 0) is 6.07 Å². The van der Waals surface area contributed by atoms with E-state index in [1.54, 1.807) is 0 Å². The molecule has 0 bridgehead atoms. The van der Waals surface area contributed by atoms with Gasteiger partial charge in [-0.2, -0.15) is 18.2 Å². The molecule has 0 unspecified atom stereocenters. The highest BCUT2D eigenvalue weighted by Gasteiger charge is 2.34. The highest BCUT2D eigenvalue weighted by atomic mass is 19.4. The third kappa shape index (κ3) is 2.97.